The summed E-state index contributed by atoms with van der Waals surface area (Å²) < 4.78 is 18.4. The van der Waals surface area contributed by atoms with Crippen LogP contribution in [0.4, 0.5) is 4.39 Å². The highest BCUT2D eigenvalue weighted by molar-refractivity contribution is 6.00. The van der Waals surface area contributed by atoms with Gasteiger partial charge in [0.05, 0.1) is 18.1 Å². The molecule has 0 aliphatic carbocycles. The van der Waals surface area contributed by atoms with Crippen molar-refractivity contribution in [2.45, 2.75) is 40.2 Å². The standard InChI is InChI=1S/C23H28FN3O4/c1-4-31-23(30)19-14(2)20(26-15(19)3)22(29)27-10-6-8-17(13-27)21(28)25-12-16-7-5-9-18(24)11-16/h5,7,9,11,17,26H,4,6,8,10,12-13H2,1-3H3,(H,25,28)/t17-/m1/s1. The number of aromatic amines is 1. The van der Waals surface area contributed by atoms with E-state index >= 15 is 0 Å². The van der Waals surface area contributed by atoms with Crippen LogP contribution in [-0.4, -0.2) is 47.4 Å². The smallest absolute Gasteiger partial charge is 0.340 e. The lowest BCUT2D eigenvalue weighted by Crippen LogP contribution is -2.45. The van der Waals surface area contributed by atoms with Crippen LogP contribution in [0.15, 0.2) is 24.3 Å². The molecule has 1 aromatic heterocycles. The van der Waals surface area contributed by atoms with E-state index < -0.39 is 5.97 Å². The summed E-state index contributed by atoms with van der Waals surface area (Å²) in [5, 5.41) is 2.84. The van der Waals surface area contributed by atoms with Gasteiger partial charge in [0.1, 0.15) is 11.5 Å². The minimum Gasteiger partial charge on any atom is -0.462 e. The number of hydrogen-bond acceptors (Lipinski definition) is 4. The number of nitrogens with zero attached hydrogens (tertiary/aromatic N) is 1. The topological polar surface area (TPSA) is 91.5 Å². The average Bonchev–Trinajstić information content (AvgIpc) is 3.05. The van der Waals surface area contributed by atoms with Crippen LogP contribution in [0.3, 0.4) is 0 Å². The molecule has 0 spiro atoms. The molecule has 7 nitrogen and oxygen atoms in total. The van der Waals surface area contributed by atoms with Crippen LogP contribution < -0.4 is 5.32 Å². The van der Waals surface area contributed by atoms with Crippen LogP contribution in [0, 0.1) is 25.6 Å². The van der Waals surface area contributed by atoms with E-state index in [1.54, 1.807) is 37.8 Å². The van der Waals surface area contributed by atoms with Gasteiger partial charge in [0.2, 0.25) is 5.91 Å². The van der Waals surface area contributed by atoms with Crippen molar-refractivity contribution in [1.82, 2.24) is 15.2 Å². The number of hydrogen-bond donors (Lipinski definition) is 2. The number of ether oxygens (including phenoxy) is 1. The zero-order valence-corrected chi connectivity index (χ0v) is 18.1. The molecule has 0 bridgehead atoms. The number of aromatic nitrogens is 1. The summed E-state index contributed by atoms with van der Waals surface area (Å²) in [6, 6.07) is 6.09. The fourth-order valence-corrected chi connectivity index (χ4v) is 3.99. The summed E-state index contributed by atoms with van der Waals surface area (Å²) in [4.78, 5) is 42.6. The molecule has 1 aliphatic rings. The van der Waals surface area contributed by atoms with Gasteiger partial charge in [-0.3, -0.25) is 9.59 Å². The molecular weight excluding hydrogens is 401 g/mol. The number of carbonyl (C=O) groups excluding carboxylic acids is 3. The van der Waals surface area contributed by atoms with Gasteiger partial charge in [-0.1, -0.05) is 12.1 Å². The van der Waals surface area contributed by atoms with Crippen LogP contribution in [0.1, 0.15) is 57.4 Å². The molecule has 2 aromatic rings. The fraction of sp³-hybridized carbons (Fsp3) is 0.435. The molecule has 0 radical (unpaired) electrons. The molecule has 31 heavy (non-hydrogen) atoms. The Morgan fingerprint density at radius 1 is 1.29 bits per heavy atom. The number of amides is 2. The third-order valence-electron chi connectivity index (χ3n) is 5.57. The lowest BCUT2D eigenvalue weighted by Gasteiger charge is -2.32. The molecular formula is C23H28FN3O4. The molecule has 1 atom stereocenters. The number of H-pyrrole nitrogens is 1. The molecule has 1 aromatic carbocycles. The molecule has 166 valence electrons. The molecule has 1 aliphatic heterocycles. The minimum atomic E-state index is -0.457. The Morgan fingerprint density at radius 2 is 2.06 bits per heavy atom. The molecule has 1 fully saturated rings. The quantitative estimate of drug-likeness (QED) is 0.691. The van der Waals surface area contributed by atoms with Gasteiger partial charge < -0.3 is 19.9 Å². The maximum absolute atomic E-state index is 13.3. The Balaban J connectivity index is 1.66. The number of esters is 1. The maximum atomic E-state index is 13.3. The molecule has 2 N–H and O–H groups in total. The number of nitrogens with one attached hydrogen (secondary N) is 2. The normalized spacial score (nSPS) is 16.1. The van der Waals surface area contributed by atoms with Crippen molar-refractivity contribution in [3.05, 3.63) is 58.2 Å². The first kappa shape index (κ1) is 22.5. The first-order valence-corrected chi connectivity index (χ1v) is 10.5. The number of rotatable bonds is 6. The number of halogens is 1. The second-order valence-electron chi connectivity index (χ2n) is 7.78. The Kier molecular flexibility index (Phi) is 7.09. The van der Waals surface area contributed by atoms with Crippen molar-refractivity contribution < 1.29 is 23.5 Å². The van der Waals surface area contributed by atoms with E-state index in [4.69, 9.17) is 4.74 Å². The second kappa shape index (κ2) is 9.76. The first-order valence-electron chi connectivity index (χ1n) is 10.5. The Morgan fingerprint density at radius 3 is 2.77 bits per heavy atom. The van der Waals surface area contributed by atoms with E-state index in [9.17, 15) is 18.8 Å². The van der Waals surface area contributed by atoms with Crippen molar-refractivity contribution >= 4 is 17.8 Å². The van der Waals surface area contributed by atoms with Gasteiger partial charge in [-0.25, -0.2) is 9.18 Å². The van der Waals surface area contributed by atoms with E-state index in [-0.39, 0.29) is 36.7 Å². The van der Waals surface area contributed by atoms with Crippen molar-refractivity contribution in [3.8, 4) is 0 Å². The average molecular weight is 429 g/mol. The first-order chi connectivity index (χ1) is 14.8. The summed E-state index contributed by atoms with van der Waals surface area (Å²) >= 11 is 0. The predicted octanol–water partition coefficient (Wildman–Crippen LogP) is 3.12. The SMILES string of the molecule is CCOC(=O)c1c(C)[nH]c(C(=O)N2CCC[C@@H](C(=O)NCc3cccc(F)c3)C2)c1C. The summed E-state index contributed by atoms with van der Waals surface area (Å²) in [6.07, 6.45) is 1.38. The highest BCUT2D eigenvalue weighted by Gasteiger charge is 2.31. The van der Waals surface area contributed by atoms with Gasteiger partial charge in [-0.15, -0.1) is 0 Å². The zero-order valence-electron chi connectivity index (χ0n) is 18.1. The van der Waals surface area contributed by atoms with Gasteiger partial charge in [-0.2, -0.15) is 0 Å². The summed E-state index contributed by atoms with van der Waals surface area (Å²) in [5.74, 6) is -1.54. The van der Waals surface area contributed by atoms with Crippen LogP contribution in [0.25, 0.3) is 0 Å². The van der Waals surface area contributed by atoms with E-state index in [1.807, 2.05) is 0 Å². The van der Waals surface area contributed by atoms with E-state index in [0.29, 0.717) is 54.0 Å². The summed E-state index contributed by atoms with van der Waals surface area (Å²) in [7, 11) is 0. The molecule has 2 amide bonds. The fourth-order valence-electron chi connectivity index (χ4n) is 3.99. The second-order valence-corrected chi connectivity index (χ2v) is 7.78. The number of benzene rings is 1. The third kappa shape index (κ3) is 5.13. The molecule has 0 saturated carbocycles. The molecule has 3 rings (SSSR count). The van der Waals surface area contributed by atoms with Crippen molar-refractivity contribution in [2.75, 3.05) is 19.7 Å². The van der Waals surface area contributed by atoms with Crippen LogP contribution in [0.5, 0.6) is 0 Å². The summed E-state index contributed by atoms with van der Waals surface area (Å²) in [5.41, 5.74) is 2.55. The molecule has 1 saturated heterocycles. The van der Waals surface area contributed by atoms with E-state index in [0.717, 1.165) is 0 Å². The van der Waals surface area contributed by atoms with Gasteiger partial charge in [0.15, 0.2) is 0 Å². The van der Waals surface area contributed by atoms with E-state index in [1.165, 1.54) is 12.1 Å². The van der Waals surface area contributed by atoms with Crippen LogP contribution >= 0.6 is 0 Å². The van der Waals surface area contributed by atoms with E-state index in [2.05, 4.69) is 10.3 Å². The van der Waals surface area contributed by atoms with Crippen LogP contribution in [-0.2, 0) is 16.1 Å². The Labute approximate surface area is 181 Å². The number of aryl methyl sites for hydroxylation is 1. The molecule has 8 heteroatoms. The van der Waals surface area contributed by atoms with Crippen molar-refractivity contribution in [3.63, 3.8) is 0 Å². The largest absolute Gasteiger partial charge is 0.462 e. The maximum Gasteiger partial charge on any atom is 0.340 e. The van der Waals surface area contributed by atoms with Crippen molar-refractivity contribution in [1.29, 1.82) is 0 Å². The zero-order chi connectivity index (χ0) is 22.5. The number of likely N-dealkylation sites (tertiary alicyclic amines) is 1. The monoisotopic (exact) mass is 429 g/mol. The molecule has 0 unspecified atom stereocenters. The highest BCUT2D eigenvalue weighted by atomic mass is 19.1. The third-order valence-corrected chi connectivity index (χ3v) is 5.57. The lowest BCUT2D eigenvalue weighted by atomic mass is 9.96. The highest BCUT2D eigenvalue weighted by Crippen LogP contribution is 2.24. The van der Waals surface area contributed by atoms with Gasteiger partial charge in [0.25, 0.3) is 5.91 Å². The Bertz CT molecular complexity index is 985. The lowest BCUT2D eigenvalue weighted by molar-refractivity contribution is -0.126. The number of piperidine rings is 1. The molecule has 2 heterocycles. The Hall–Kier alpha value is -3.16. The summed E-state index contributed by atoms with van der Waals surface area (Å²) in [6.45, 7) is 6.50. The minimum absolute atomic E-state index is 0.159. The van der Waals surface area contributed by atoms with Gasteiger partial charge in [-0.05, 0) is 56.9 Å². The van der Waals surface area contributed by atoms with Gasteiger partial charge in [0, 0.05) is 25.3 Å². The predicted molar refractivity (Wildman–Crippen MR) is 113 cm³/mol. The van der Waals surface area contributed by atoms with Crippen LogP contribution in [0.2, 0.25) is 0 Å². The van der Waals surface area contributed by atoms with Gasteiger partial charge >= 0.3 is 5.97 Å². The van der Waals surface area contributed by atoms with Crippen molar-refractivity contribution in [2.24, 2.45) is 5.92 Å². The number of carbonyl (C=O) groups is 3.